The minimum absolute atomic E-state index is 0.304. The van der Waals surface area contributed by atoms with Gasteiger partial charge in [-0.1, -0.05) is 30.3 Å². The van der Waals surface area contributed by atoms with Crippen LogP contribution >= 0.6 is 0 Å². The van der Waals surface area contributed by atoms with E-state index in [0.717, 1.165) is 5.56 Å². The third kappa shape index (κ3) is 5.16. The summed E-state index contributed by atoms with van der Waals surface area (Å²) >= 11 is 0. The summed E-state index contributed by atoms with van der Waals surface area (Å²) in [4.78, 5) is 11.0. The minimum Gasteiger partial charge on any atom is -0.495 e. The molecule has 1 aromatic rings. The molecule has 0 heterocycles. The van der Waals surface area contributed by atoms with Crippen LogP contribution in [0.5, 0.6) is 0 Å². The van der Waals surface area contributed by atoms with E-state index in [4.69, 9.17) is 4.74 Å². The van der Waals surface area contributed by atoms with Crippen molar-refractivity contribution in [1.82, 2.24) is 5.43 Å². The molecule has 0 aliphatic carbocycles. The molecule has 0 fully saturated rings. The fourth-order valence-electron chi connectivity index (χ4n) is 1.17. The summed E-state index contributed by atoms with van der Waals surface area (Å²) in [5.74, 6) is 0.526. The molecule has 0 aliphatic heterocycles. The summed E-state index contributed by atoms with van der Waals surface area (Å²) < 4.78 is 9.77. The fraction of sp³-hybridized carbons (Fsp3) is 0.231. The Morgan fingerprint density at radius 3 is 2.72 bits per heavy atom. The van der Waals surface area contributed by atoms with Gasteiger partial charge in [0.05, 0.1) is 19.9 Å². The first kappa shape index (κ1) is 13.8. The average Bonchev–Trinajstić information content (AvgIpc) is 2.39. The molecule has 0 aliphatic rings. The molecule has 0 unspecified atom stereocenters. The molecule has 0 spiro atoms. The molecule has 96 valence electrons. The number of allylic oxidation sites excluding steroid dienone is 1. The molecule has 0 radical (unpaired) electrons. The van der Waals surface area contributed by atoms with E-state index in [1.807, 2.05) is 30.3 Å². The van der Waals surface area contributed by atoms with Gasteiger partial charge in [0.25, 0.3) is 0 Å². The van der Waals surface area contributed by atoms with Gasteiger partial charge < -0.3 is 9.47 Å². The molecular weight excluding hydrogens is 232 g/mol. The molecule has 1 N–H and O–H groups in total. The van der Waals surface area contributed by atoms with Gasteiger partial charge in [0.2, 0.25) is 0 Å². The quantitative estimate of drug-likeness (QED) is 0.494. The summed E-state index contributed by atoms with van der Waals surface area (Å²) in [5.41, 5.74) is 3.20. The highest BCUT2D eigenvalue weighted by atomic mass is 16.5. The second-order valence-corrected chi connectivity index (χ2v) is 3.25. The molecule has 1 amide bonds. The average molecular weight is 248 g/mol. The van der Waals surface area contributed by atoms with Crippen LogP contribution in [0.4, 0.5) is 4.79 Å². The van der Waals surface area contributed by atoms with E-state index in [0.29, 0.717) is 12.4 Å². The van der Waals surface area contributed by atoms with E-state index < -0.39 is 6.09 Å². The Kier molecular flexibility index (Phi) is 6.03. The van der Waals surface area contributed by atoms with Crippen molar-refractivity contribution in [3.8, 4) is 0 Å². The van der Waals surface area contributed by atoms with E-state index >= 15 is 0 Å². The zero-order valence-corrected chi connectivity index (χ0v) is 10.4. The number of nitrogens with one attached hydrogen (secondary N) is 1. The van der Waals surface area contributed by atoms with Crippen molar-refractivity contribution in [2.45, 2.75) is 6.92 Å². The van der Waals surface area contributed by atoms with E-state index in [-0.39, 0.29) is 0 Å². The molecule has 5 heteroatoms. The zero-order valence-electron chi connectivity index (χ0n) is 10.4. The fourth-order valence-corrected chi connectivity index (χ4v) is 1.17. The second kappa shape index (κ2) is 7.89. The molecule has 0 saturated carbocycles. The highest BCUT2D eigenvalue weighted by Gasteiger charge is 1.97. The third-order valence-corrected chi connectivity index (χ3v) is 1.97. The molecular formula is C13H16N2O3. The number of hydrogen-bond acceptors (Lipinski definition) is 4. The molecule has 0 saturated heterocycles. The first-order valence-electron chi connectivity index (χ1n) is 5.52. The summed E-state index contributed by atoms with van der Waals surface area (Å²) in [5, 5.41) is 3.71. The van der Waals surface area contributed by atoms with Crippen LogP contribution in [0.2, 0.25) is 0 Å². The van der Waals surface area contributed by atoms with Gasteiger partial charge in [0, 0.05) is 0 Å². The lowest BCUT2D eigenvalue weighted by Gasteiger charge is -2.01. The number of rotatable bonds is 5. The van der Waals surface area contributed by atoms with Crippen molar-refractivity contribution in [2.24, 2.45) is 5.10 Å². The second-order valence-electron chi connectivity index (χ2n) is 3.25. The predicted molar refractivity (Wildman–Crippen MR) is 70.1 cm³/mol. The van der Waals surface area contributed by atoms with Crippen LogP contribution in [0.25, 0.3) is 6.08 Å². The SMILES string of the molecule is CCOC(=O)N/N=C/C(=C/c1ccccc1)OC. The normalized spacial score (nSPS) is 11.3. The first-order chi connectivity index (χ1) is 8.76. The number of hydrogen-bond donors (Lipinski definition) is 1. The third-order valence-electron chi connectivity index (χ3n) is 1.97. The van der Waals surface area contributed by atoms with E-state index in [2.05, 4.69) is 15.3 Å². The predicted octanol–water partition coefficient (Wildman–Crippen LogP) is 2.41. The molecule has 0 bridgehead atoms. The smallest absolute Gasteiger partial charge is 0.427 e. The number of methoxy groups -OCH3 is 1. The number of carbonyl (C=O) groups is 1. The molecule has 1 rings (SSSR count). The summed E-state index contributed by atoms with van der Waals surface area (Å²) in [7, 11) is 1.53. The Morgan fingerprint density at radius 1 is 1.39 bits per heavy atom. The molecule has 0 aromatic heterocycles. The van der Waals surface area contributed by atoms with Gasteiger partial charge in [-0.25, -0.2) is 10.2 Å². The van der Waals surface area contributed by atoms with Crippen LogP contribution in [-0.4, -0.2) is 26.0 Å². The van der Waals surface area contributed by atoms with Crippen molar-refractivity contribution in [3.63, 3.8) is 0 Å². The standard InChI is InChI=1S/C13H16N2O3/c1-3-18-13(16)15-14-10-12(17-2)9-11-7-5-4-6-8-11/h4-10H,3H2,1-2H3,(H,15,16)/b12-9-,14-10+. The van der Waals surface area contributed by atoms with Crippen LogP contribution in [0.3, 0.4) is 0 Å². The largest absolute Gasteiger partial charge is 0.495 e. The number of carbonyl (C=O) groups excluding carboxylic acids is 1. The van der Waals surface area contributed by atoms with E-state index in [1.165, 1.54) is 13.3 Å². The summed E-state index contributed by atoms with van der Waals surface area (Å²) in [6.45, 7) is 2.03. The molecule has 0 atom stereocenters. The number of hydrazone groups is 1. The maximum absolute atomic E-state index is 11.0. The monoisotopic (exact) mass is 248 g/mol. The molecule has 18 heavy (non-hydrogen) atoms. The molecule has 5 nitrogen and oxygen atoms in total. The van der Waals surface area contributed by atoms with Gasteiger partial charge in [-0.15, -0.1) is 0 Å². The number of ether oxygens (including phenoxy) is 2. The molecule has 1 aromatic carbocycles. The lowest BCUT2D eigenvalue weighted by Crippen LogP contribution is -2.18. The van der Waals surface area contributed by atoms with E-state index in [1.54, 1.807) is 13.0 Å². The zero-order chi connectivity index (χ0) is 13.2. The van der Waals surface area contributed by atoms with Gasteiger partial charge >= 0.3 is 6.09 Å². The highest BCUT2D eigenvalue weighted by molar-refractivity contribution is 5.83. The van der Waals surface area contributed by atoms with Crippen molar-refractivity contribution >= 4 is 18.4 Å². The number of nitrogens with zero attached hydrogens (tertiary/aromatic N) is 1. The Hall–Kier alpha value is -2.30. The van der Waals surface area contributed by atoms with Gasteiger partial charge in [0.15, 0.2) is 0 Å². The number of benzene rings is 1. The van der Waals surface area contributed by atoms with Crippen LogP contribution in [0.15, 0.2) is 41.2 Å². The van der Waals surface area contributed by atoms with Crippen LogP contribution in [0.1, 0.15) is 12.5 Å². The van der Waals surface area contributed by atoms with Gasteiger partial charge in [-0.3, -0.25) is 0 Å². The van der Waals surface area contributed by atoms with Crippen LogP contribution < -0.4 is 5.43 Å². The minimum atomic E-state index is -0.594. The number of amides is 1. The topological polar surface area (TPSA) is 59.9 Å². The van der Waals surface area contributed by atoms with Crippen molar-refractivity contribution < 1.29 is 14.3 Å². The van der Waals surface area contributed by atoms with Crippen LogP contribution in [0, 0.1) is 0 Å². The first-order valence-corrected chi connectivity index (χ1v) is 5.52. The van der Waals surface area contributed by atoms with Gasteiger partial charge in [-0.2, -0.15) is 5.10 Å². The Labute approximate surface area is 106 Å². The van der Waals surface area contributed by atoms with E-state index in [9.17, 15) is 4.79 Å². The van der Waals surface area contributed by atoms with Gasteiger partial charge in [-0.05, 0) is 18.6 Å². The maximum Gasteiger partial charge on any atom is 0.427 e. The van der Waals surface area contributed by atoms with Crippen molar-refractivity contribution in [1.29, 1.82) is 0 Å². The highest BCUT2D eigenvalue weighted by Crippen LogP contribution is 2.05. The summed E-state index contributed by atoms with van der Waals surface area (Å²) in [6.07, 6.45) is 2.61. The van der Waals surface area contributed by atoms with Crippen molar-refractivity contribution in [3.05, 3.63) is 41.7 Å². The maximum atomic E-state index is 11.0. The Bertz CT molecular complexity index is 427. The van der Waals surface area contributed by atoms with Crippen LogP contribution in [-0.2, 0) is 9.47 Å². The summed E-state index contributed by atoms with van der Waals surface area (Å²) in [6, 6.07) is 9.65. The van der Waals surface area contributed by atoms with Gasteiger partial charge in [0.1, 0.15) is 5.76 Å². The lowest BCUT2D eigenvalue weighted by atomic mass is 10.2. The Morgan fingerprint density at radius 2 is 2.11 bits per heavy atom. The van der Waals surface area contributed by atoms with Crippen molar-refractivity contribution in [2.75, 3.05) is 13.7 Å². The Balaban J connectivity index is 2.59. The lowest BCUT2D eigenvalue weighted by molar-refractivity contribution is 0.152.